The fraction of sp³-hybridized carbons (Fsp3) is 0. The van der Waals surface area contributed by atoms with Crippen LogP contribution in [0, 0.1) is 5.82 Å². The van der Waals surface area contributed by atoms with Crippen molar-refractivity contribution in [2.75, 3.05) is 0 Å². The first-order valence-electron chi connectivity index (χ1n) is 8.32. The first-order chi connectivity index (χ1) is 13.5. The van der Waals surface area contributed by atoms with E-state index in [0.29, 0.717) is 10.6 Å². The zero-order valence-electron chi connectivity index (χ0n) is 14.3. The van der Waals surface area contributed by atoms with Crippen molar-refractivity contribution in [2.24, 2.45) is 0 Å². The van der Waals surface area contributed by atoms with Crippen molar-refractivity contribution < 1.29 is 23.5 Å². The van der Waals surface area contributed by atoms with E-state index in [2.05, 4.69) is 0 Å². The van der Waals surface area contributed by atoms with Crippen molar-refractivity contribution in [3.05, 3.63) is 100 Å². The molecule has 0 N–H and O–H groups in total. The molecule has 0 saturated heterocycles. The van der Waals surface area contributed by atoms with Gasteiger partial charge in [-0.25, -0.2) is 9.18 Å². The van der Waals surface area contributed by atoms with Gasteiger partial charge in [-0.1, -0.05) is 35.9 Å². The van der Waals surface area contributed by atoms with Crippen LogP contribution >= 0.6 is 11.6 Å². The van der Waals surface area contributed by atoms with Crippen LogP contribution in [0.15, 0.2) is 72.5 Å². The minimum Gasteiger partial charge on any atom is -0.452 e. The molecule has 0 aliphatic carbocycles. The minimum atomic E-state index is -0.836. The van der Waals surface area contributed by atoms with E-state index < -0.39 is 11.8 Å². The number of carbonyl (C=O) groups excluding carboxylic acids is 2. The summed E-state index contributed by atoms with van der Waals surface area (Å²) in [6.45, 7) is 0. The standard InChI is InChI=1S/C22H12ClFO4/c23-14-5-3-4-13(10-14)11-20-21(25)17-9-8-15(12-19(17)28-20)27-22(26)16-6-1-2-7-18(16)24/h1-12H/b20-11+. The van der Waals surface area contributed by atoms with Gasteiger partial charge < -0.3 is 9.47 Å². The van der Waals surface area contributed by atoms with Crippen LogP contribution in [0.1, 0.15) is 26.3 Å². The lowest BCUT2D eigenvalue weighted by atomic mass is 10.1. The molecule has 6 heteroatoms. The van der Waals surface area contributed by atoms with Crippen molar-refractivity contribution in [3.63, 3.8) is 0 Å². The smallest absolute Gasteiger partial charge is 0.346 e. The number of allylic oxidation sites excluding steroid dienone is 1. The topological polar surface area (TPSA) is 52.6 Å². The summed E-state index contributed by atoms with van der Waals surface area (Å²) in [6, 6.07) is 16.9. The van der Waals surface area contributed by atoms with Gasteiger partial charge in [-0.15, -0.1) is 0 Å². The molecule has 3 aromatic rings. The molecule has 3 aromatic carbocycles. The van der Waals surface area contributed by atoms with E-state index in [1.165, 1.54) is 42.5 Å². The number of halogens is 2. The van der Waals surface area contributed by atoms with Crippen LogP contribution in [0.2, 0.25) is 5.02 Å². The van der Waals surface area contributed by atoms with E-state index in [4.69, 9.17) is 21.1 Å². The largest absolute Gasteiger partial charge is 0.452 e. The number of Topliss-reactive ketones (excluding diaryl/α,β-unsaturated/α-hetero) is 1. The Balaban J connectivity index is 1.57. The van der Waals surface area contributed by atoms with Gasteiger partial charge in [-0.3, -0.25) is 4.79 Å². The highest BCUT2D eigenvalue weighted by molar-refractivity contribution is 6.30. The van der Waals surface area contributed by atoms with E-state index in [1.807, 2.05) is 0 Å². The molecule has 0 radical (unpaired) electrons. The maximum Gasteiger partial charge on any atom is 0.346 e. The molecular formula is C22H12ClFO4. The molecule has 0 aromatic heterocycles. The third-order valence-corrected chi connectivity index (χ3v) is 4.33. The molecule has 1 aliphatic rings. The van der Waals surface area contributed by atoms with E-state index >= 15 is 0 Å². The molecule has 0 bridgehead atoms. The Kier molecular flexibility index (Phi) is 4.67. The zero-order chi connectivity index (χ0) is 19.7. The highest BCUT2D eigenvalue weighted by Gasteiger charge is 2.28. The number of fused-ring (bicyclic) bond motifs is 1. The van der Waals surface area contributed by atoms with Crippen LogP contribution in [-0.2, 0) is 0 Å². The van der Waals surface area contributed by atoms with Crippen LogP contribution in [0.4, 0.5) is 4.39 Å². The molecule has 0 atom stereocenters. The second-order valence-electron chi connectivity index (χ2n) is 6.02. The van der Waals surface area contributed by atoms with Crippen molar-refractivity contribution in [3.8, 4) is 11.5 Å². The highest BCUT2D eigenvalue weighted by Crippen LogP contribution is 2.35. The first kappa shape index (κ1) is 17.9. The molecule has 1 heterocycles. The van der Waals surface area contributed by atoms with Crippen molar-refractivity contribution >= 4 is 29.4 Å². The van der Waals surface area contributed by atoms with Gasteiger partial charge in [-0.2, -0.15) is 0 Å². The van der Waals surface area contributed by atoms with E-state index in [-0.39, 0.29) is 28.6 Å². The molecule has 4 nitrogen and oxygen atoms in total. The predicted molar refractivity (Wildman–Crippen MR) is 102 cm³/mol. The van der Waals surface area contributed by atoms with Gasteiger partial charge in [0.05, 0.1) is 11.1 Å². The third kappa shape index (κ3) is 3.52. The predicted octanol–water partition coefficient (Wildman–Crippen LogP) is 5.31. The van der Waals surface area contributed by atoms with Gasteiger partial charge in [0.2, 0.25) is 5.78 Å². The average Bonchev–Trinajstić information content (AvgIpc) is 2.97. The van der Waals surface area contributed by atoms with Gasteiger partial charge in [0.25, 0.3) is 0 Å². The number of hydrogen-bond donors (Lipinski definition) is 0. The molecule has 1 aliphatic heterocycles. The Morgan fingerprint density at radius 1 is 1.04 bits per heavy atom. The van der Waals surface area contributed by atoms with Crippen molar-refractivity contribution in [1.29, 1.82) is 0 Å². The maximum absolute atomic E-state index is 13.7. The van der Waals surface area contributed by atoms with E-state index in [9.17, 15) is 14.0 Å². The lowest BCUT2D eigenvalue weighted by molar-refractivity contribution is 0.0729. The third-order valence-electron chi connectivity index (χ3n) is 4.09. The molecule has 0 amide bonds. The van der Waals surface area contributed by atoms with Gasteiger partial charge in [-0.05, 0) is 48.0 Å². The van der Waals surface area contributed by atoms with Crippen LogP contribution in [0.5, 0.6) is 11.5 Å². The fourth-order valence-corrected chi connectivity index (χ4v) is 2.97. The molecule has 0 unspecified atom stereocenters. The van der Waals surface area contributed by atoms with Crippen molar-refractivity contribution in [1.82, 2.24) is 0 Å². The zero-order valence-corrected chi connectivity index (χ0v) is 15.1. The molecule has 28 heavy (non-hydrogen) atoms. The average molecular weight is 395 g/mol. The van der Waals surface area contributed by atoms with Crippen LogP contribution < -0.4 is 9.47 Å². The Morgan fingerprint density at radius 2 is 1.86 bits per heavy atom. The lowest BCUT2D eigenvalue weighted by Gasteiger charge is -2.06. The van der Waals surface area contributed by atoms with Crippen LogP contribution in [0.25, 0.3) is 6.08 Å². The van der Waals surface area contributed by atoms with E-state index in [0.717, 1.165) is 5.56 Å². The summed E-state index contributed by atoms with van der Waals surface area (Å²) < 4.78 is 24.5. The monoisotopic (exact) mass is 394 g/mol. The molecule has 0 spiro atoms. The molecular weight excluding hydrogens is 383 g/mol. The number of hydrogen-bond acceptors (Lipinski definition) is 4. The van der Waals surface area contributed by atoms with Gasteiger partial charge in [0, 0.05) is 11.1 Å². The number of ketones is 1. The Labute approximate surface area is 164 Å². The molecule has 4 rings (SSSR count). The highest BCUT2D eigenvalue weighted by atomic mass is 35.5. The Hall–Kier alpha value is -3.44. The SMILES string of the molecule is O=C(Oc1ccc2c(c1)O/C(=C/c1cccc(Cl)c1)C2=O)c1ccccc1F. The number of esters is 1. The summed E-state index contributed by atoms with van der Waals surface area (Å²) >= 11 is 5.96. The quantitative estimate of drug-likeness (QED) is 0.343. The summed E-state index contributed by atoms with van der Waals surface area (Å²) in [5.74, 6) is -1.26. The number of benzene rings is 3. The summed E-state index contributed by atoms with van der Waals surface area (Å²) in [6.07, 6.45) is 1.58. The molecule has 138 valence electrons. The summed E-state index contributed by atoms with van der Waals surface area (Å²) in [5, 5.41) is 0.541. The second kappa shape index (κ2) is 7.29. The fourth-order valence-electron chi connectivity index (χ4n) is 2.77. The molecule has 0 saturated carbocycles. The van der Waals surface area contributed by atoms with Gasteiger partial charge >= 0.3 is 5.97 Å². The first-order valence-corrected chi connectivity index (χ1v) is 8.69. The van der Waals surface area contributed by atoms with Gasteiger partial charge in [0.15, 0.2) is 5.76 Å². The second-order valence-corrected chi connectivity index (χ2v) is 6.46. The number of rotatable bonds is 3. The minimum absolute atomic E-state index is 0.134. The van der Waals surface area contributed by atoms with Crippen LogP contribution in [-0.4, -0.2) is 11.8 Å². The maximum atomic E-state index is 13.7. The summed E-state index contributed by atoms with van der Waals surface area (Å²) in [4.78, 5) is 24.6. The Morgan fingerprint density at radius 3 is 2.64 bits per heavy atom. The van der Waals surface area contributed by atoms with E-state index in [1.54, 1.807) is 30.3 Å². The number of carbonyl (C=O) groups is 2. The van der Waals surface area contributed by atoms with Crippen molar-refractivity contribution in [2.45, 2.75) is 0 Å². The molecule has 0 fully saturated rings. The lowest BCUT2D eigenvalue weighted by Crippen LogP contribution is -2.10. The van der Waals surface area contributed by atoms with Crippen LogP contribution in [0.3, 0.4) is 0 Å². The summed E-state index contributed by atoms with van der Waals surface area (Å²) in [5.41, 5.74) is 0.885. The normalized spacial score (nSPS) is 13.9. The van der Waals surface area contributed by atoms with Gasteiger partial charge in [0.1, 0.15) is 17.3 Å². The Bertz CT molecular complexity index is 1140. The summed E-state index contributed by atoms with van der Waals surface area (Å²) in [7, 11) is 0. The number of ether oxygens (including phenoxy) is 2.